The molecule has 6 nitrogen and oxygen atoms in total. The first-order chi connectivity index (χ1) is 7.13. The summed E-state index contributed by atoms with van der Waals surface area (Å²) in [6.45, 7) is 3.00. The van der Waals surface area contributed by atoms with Crippen LogP contribution in [-0.4, -0.2) is 39.5 Å². The Balaban J connectivity index is 2.40. The Morgan fingerprint density at radius 2 is 2.27 bits per heavy atom. The SMILES string of the molecule is CNCc1nnc(NCC(C)S(C)=O)o1. The molecule has 1 aromatic heterocycles. The van der Waals surface area contributed by atoms with Gasteiger partial charge in [-0.1, -0.05) is 5.10 Å². The Kier molecular flexibility index (Phi) is 4.70. The van der Waals surface area contributed by atoms with E-state index in [4.69, 9.17) is 4.42 Å². The first kappa shape index (κ1) is 12.1. The van der Waals surface area contributed by atoms with E-state index in [9.17, 15) is 4.21 Å². The fourth-order valence-electron chi connectivity index (χ4n) is 0.896. The first-order valence-corrected chi connectivity index (χ1v) is 6.28. The van der Waals surface area contributed by atoms with Crippen molar-refractivity contribution in [3.63, 3.8) is 0 Å². The highest BCUT2D eigenvalue weighted by molar-refractivity contribution is 7.84. The highest BCUT2D eigenvalue weighted by Gasteiger charge is 2.09. The third-order valence-electron chi connectivity index (χ3n) is 1.90. The van der Waals surface area contributed by atoms with Crippen LogP contribution in [0.2, 0.25) is 0 Å². The van der Waals surface area contributed by atoms with Crippen molar-refractivity contribution in [1.29, 1.82) is 0 Å². The summed E-state index contributed by atoms with van der Waals surface area (Å²) in [4.78, 5) is 0. The molecule has 7 heteroatoms. The van der Waals surface area contributed by atoms with Crippen LogP contribution in [0, 0.1) is 0 Å². The highest BCUT2D eigenvalue weighted by Crippen LogP contribution is 2.05. The molecular weight excluding hydrogens is 216 g/mol. The average Bonchev–Trinajstić information content (AvgIpc) is 2.62. The maximum absolute atomic E-state index is 11.1. The molecule has 0 aliphatic heterocycles. The lowest BCUT2D eigenvalue weighted by atomic mass is 10.5. The number of rotatable bonds is 6. The van der Waals surface area contributed by atoms with E-state index in [0.29, 0.717) is 25.0 Å². The summed E-state index contributed by atoms with van der Waals surface area (Å²) in [7, 11) is 0.960. The van der Waals surface area contributed by atoms with Gasteiger partial charge in [0, 0.05) is 28.9 Å². The predicted octanol–water partition coefficient (Wildman–Crippen LogP) is -0.0321. The third-order valence-corrected chi connectivity index (χ3v) is 3.20. The van der Waals surface area contributed by atoms with Gasteiger partial charge in [0.1, 0.15) is 0 Å². The van der Waals surface area contributed by atoms with E-state index in [1.807, 2.05) is 6.92 Å². The van der Waals surface area contributed by atoms with Crippen LogP contribution in [0.3, 0.4) is 0 Å². The minimum Gasteiger partial charge on any atom is -0.407 e. The van der Waals surface area contributed by atoms with Crippen LogP contribution in [0.5, 0.6) is 0 Å². The van der Waals surface area contributed by atoms with E-state index in [1.54, 1.807) is 13.3 Å². The number of nitrogens with zero attached hydrogens (tertiary/aromatic N) is 2. The van der Waals surface area contributed by atoms with Crippen LogP contribution in [0.1, 0.15) is 12.8 Å². The molecule has 15 heavy (non-hydrogen) atoms. The van der Waals surface area contributed by atoms with E-state index in [0.717, 1.165) is 0 Å². The van der Waals surface area contributed by atoms with Crippen molar-refractivity contribution in [2.45, 2.75) is 18.7 Å². The molecule has 0 bridgehead atoms. The van der Waals surface area contributed by atoms with E-state index < -0.39 is 10.8 Å². The zero-order valence-electron chi connectivity index (χ0n) is 9.11. The van der Waals surface area contributed by atoms with Gasteiger partial charge in [0.25, 0.3) is 0 Å². The number of aromatic nitrogens is 2. The largest absolute Gasteiger partial charge is 0.407 e. The minimum absolute atomic E-state index is 0.0599. The molecule has 2 unspecified atom stereocenters. The van der Waals surface area contributed by atoms with Crippen molar-refractivity contribution >= 4 is 16.8 Å². The summed E-state index contributed by atoms with van der Waals surface area (Å²) in [5, 5.41) is 13.5. The van der Waals surface area contributed by atoms with Crippen molar-refractivity contribution in [3.8, 4) is 0 Å². The topological polar surface area (TPSA) is 80.0 Å². The molecule has 2 N–H and O–H groups in total. The van der Waals surface area contributed by atoms with Crippen LogP contribution in [-0.2, 0) is 17.3 Å². The molecule has 2 atom stereocenters. The normalized spacial score (nSPS) is 14.9. The molecule has 86 valence electrons. The Hall–Kier alpha value is -0.950. The van der Waals surface area contributed by atoms with Gasteiger partial charge in [-0.2, -0.15) is 0 Å². The lowest BCUT2D eigenvalue weighted by Gasteiger charge is -2.06. The second-order valence-electron chi connectivity index (χ2n) is 3.22. The van der Waals surface area contributed by atoms with Crippen molar-refractivity contribution in [2.75, 3.05) is 25.2 Å². The van der Waals surface area contributed by atoms with Gasteiger partial charge < -0.3 is 15.1 Å². The monoisotopic (exact) mass is 232 g/mol. The number of anilines is 1. The zero-order valence-corrected chi connectivity index (χ0v) is 9.93. The number of hydrogen-bond donors (Lipinski definition) is 2. The molecule has 0 aliphatic rings. The predicted molar refractivity (Wildman–Crippen MR) is 59.1 cm³/mol. The van der Waals surface area contributed by atoms with Crippen LogP contribution in [0.25, 0.3) is 0 Å². The summed E-state index contributed by atoms with van der Waals surface area (Å²) in [5.41, 5.74) is 0. The molecule has 1 aromatic rings. The zero-order chi connectivity index (χ0) is 11.3. The summed E-state index contributed by atoms with van der Waals surface area (Å²) in [5.74, 6) is 0.533. The maximum atomic E-state index is 11.1. The average molecular weight is 232 g/mol. The van der Waals surface area contributed by atoms with Crippen LogP contribution < -0.4 is 10.6 Å². The quantitative estimate of drug-likeness (QED) is 0.717. The molecule has 0 aromatic carbocycles. The fourth-order valence-corrected chi connectivity index (χ4v) is 1.21. The van der Waals surface area contributed by atoms with E-state index >= 15 is 0 Å². The summed E-state index contributed by atoms with van der Waals surface area (Å²) >= 11 is 0. The van der Waals surface area contributed by atoms with Gasteiger partial charge in [0.2, 0.25) is 5.89 Å². The van der Waals surface area contributed by atoms with E-state index in [-0.39, 0.29) is 5.25 Å². The lowest BCUT2D eigenvalue weighted by molar-refractivity contribution is 0.489. The van der Waals surface area contributed by atoms with Gasteiger partial charge in [-0.05, 0) is 14.0 Å². The Morgan fingerprint density at radius 1 is 1.53 bits per heavy atom. The number of nitrogens with one attached hydrogen (secondary N) is 2. The van der Waals surface area contributed by atoms with Crippen LogP contribution in [0.15, 0.2) is 4.42 Å². The molecule has 0 fully saturated rings. The molecule has 0 radical (unpaired) electrons. The highest BCUT2D eigenvalue weighted by atomic mass is 32.2. The molecular formula is C8H16N4O2S. The van der Waals surface area contributed by atoms with Crippen molar-refractivity contribution < 1.29 is 8.63 Å². The van der Waals surface area contributed by atoms with Gasteiger partial charge in [0.05, 0.1) is 6.54 Å². The molecule has 0 amide bonds. The molecule has 0 spiro atoms. The smallest absolute Gasteiger partial charge is 0.315 e. The van der Waals surface area contributed by atoms with Gasteiger partial charge in [-0.25, -0.2) is 0 Å². The standard InChI is InChI=1S/C8H16N4O2S/c1-6(15(3)13)4-10-8-12-11-7(14-8)5-9-2/h6,9H,4-5H2,1-3H3,(H,10,12). The first-order valence-electron chi connectivity index (χ1n) is 4.66. The Morgan fingerprint density at radius 3 is 2.87 bits per heavy atom. The second-order valence-corrected chi connectivity index (χ2v) is 5.02. The summed E-state index contributed by atoms with van der Waals surface area (Å²) in [6, 6.07) is 0.373. The van der Waals surface area contributed by atoms with Crippen molar-refractivity contribution in [1.82, 2.24) is 15.5 Å². The molecule has 0 saturated heterocycles. The summed E-state index contributed by atoms with van der Waals surface area (Å²) < 4.78 is 16.3. The van der Waals surface area contributed by atoms with E-state index in [2.05, 4.69) is 20.8 Å². The Bertz CT molecular complexity index is 328. The molecule has 0 saturated carbocycles. The van der Waals surface area contributed by atoms with E-state index in [1.165, 1.54) is 0 Å². The van der Waals surface area contributed by atoms with Crippen molar-refractivity contribution in [2.24, 2.45) is 0 Å². The van der Waals surface area contributed by atoms with Crippen molar-refractivity contribution in [3.05, 3.63) is 5.89 Å². The van der Waals surface area contributed by atoms with Crippen LogP contribution >= 0.6 is 0 Å². The van der Waals surface area contributed by atoms with Gasteiger partial charge in [-0.3, -0.25) is 4.21 Å². The van der Waals surface area contributed by atoms with Crippen LogP contribution in [0.4, 0.5) is 6.01 Å². The van der Waals surface area contributed by atoms with Gasteiger partial charge in [0.15, 0.2) is 0 Å². The van der Waals surface area contributed by atoms with Gasteiger partial charge >= 0.3 is 6.01 Å². The molecule has 0 aliphatic carbocycles. The molecule has 1 heterocycles. The van der Waals surface area contributed by atoms with Gasteiger partial charge in [-0.15, -0.1) is 5.10 Å². The maximum Gasteiger partial charge on any atom is 0.315 e. The molecule has 1 rings (SSSR count). The fraction of sp³-hybridized carbons (Fsp3) is 0.750. The minimum atomic E-state index is -0.845. The summed E-state index contributed by atoms with van der Waals surface area (Å²) in [6.07, 6.45) is 1.67. The lowest BCUT2D eigenvalue weighted by Crippen LogP contribution is -2.20. The Labute approximate surface area is 91.3 Å². The number of hydrogen-bond acceptors (Lipinski definition) is 6. The third kappa shape index (κ3) is 3.96. The second kappa shape index (κ2) is 5.82.